The number of urea groups is 1. The van der Waals surface area contributed by atoms with Gasteiger partial charge in [0.05, 0.1) is 11.6 Å². The van der Waals surface area contributed by atoms with E-state index in [1.165, 1.54) is 0 Å². The van der Waals surface area contributed by atoms with Crippen molar-refractivity contribution in [3.63, 3.8) is 0 Å². The first-order valence-corrected chi connectivity index (χ1v) is 9.86. The maximum atomic E-state index is 12.6. The van der Waals surface area contributed by atoms with Gasteiger partial charge in [0, 0.05) is 23.4 Å². The highest BCUT2D eigenvalue weighted by atomic mass is 16.2. The summed E-state index contributed by atoms with van der Waals surface area (Å²) in [5.74, 6) is 0.229. The normalized spacial score (nSPS) is 21.0. The zero-order valence-corrected chi connectivity index (χ0v) is 16.8. The van der Waals surface area contributed by atoms with Crippen molar-refractivity contribution in [2.75, 3.05) is 10.6 Å². The minimum absolute atomic E-state index is 0.0425. The molecule has 2 aromatic carbocycles. The Morgan fingerprint density at radius 3 is 2.33 bits per heavy atom. The van der Waals surface area contributed by atoms with E-state index in [0.717, 1.165) is 5.56 Å². The van der Waals surface area contributed by atoms with Crippen molar-refractivity contribution < 1.29 is 9.59 Å². The van der Waals surface area contributed by atoms with Crippen LogP contribution in [-0.2, 0) is 4.79 Å². The molecule has 0 aliphatic carbocycles. The molecule has 0 spiro atoms. The first-order valence-electron chi connectivity index (χ1n) is 9.86. The summed E-state index contributed by atoms with van der Waals surface area (Å²) < 4.78 is 1.59. The van der Waals surface area contributed by atoms with Gasteiger partial charge in [0.15, 0.2) is 6.29 Å². The number of rotatable bonds is 4. The Kier molecular flexibility index (Phi) is 5.49. The van der Waals surface area contributed by atoms with Crippen molar-refractivity contribution >= 4 is 23.4 Å². The van der Waals surface area contributed by atoms with E-state index >= 15 is 0 Å². The van der Waals surface area contributed by atoms with Crippen LogP contribution < -0.4 is 21.3 Å². The van der Waals surface area contributed by atoms with E-state index in [2.05, 4.69) is 26.4 Å². The number of benzene rings is 2. The molecule has 3 amide bonds. The lowest BCUT2D eigenvalue weighted by Crippen LogP contribution is -2.57. The van der Waals surface area contributed by atoms with E-state index in [1.54, 1.807) is 22.9 Å². The Morgan fingerprint density at radius 1 is 1.00 bits per heavy atom. The number of hydrogen-bond acceptors (Lipinski definition) is 4. The van der Waals surface area contributed by atoms with Crippen molar-refractivity contribution in [2.24, 2.45) is 5.92 Å². The quantitative estimate of drug-likeness (QED) is 0.535. The number of aromatic nitrogens is 2. The predicted octanol–water partition coefficient (Wildman–Crippen LogP) is 3.39. The van der Waals surface area contributed by atoms with Crippen LogP contribution in [-0.4, -0.2) is 27.8 Å². The molecule has 8 heteroatoms. The molecule has 2 heterocycles. The summed E-state index contributed by atoms with van der Waals surface area (Å²) in [4.78, 5) is 24.9. The lowest BCUT2D eigenvalue weighted by molar-refractivity contribution is -0.130. The van der Waals surface area contributed by atoms with Gasteiger partial charge >= 0.3 is 6.03 Å². The summed E-state index contributed by atoms with van der Waals surface area (Å²) in [6.07, 6.45) is -0.576. The standard InChI is InChI=1S/C22H24N6O2/c1-14-15(2)23-21(26-20(14)29)28-19(13-18(27-28)16-9-5-3-6-10-16)25-22(30)24-17-11-7-4-8-12-17/h3-15,21,23H,1-2H3,(H,26,29)(H2,24,25,30). The largest absolute Gasteiger partial charge is 0.324 e. The molecule has 3 atom stereocenters. The number of nitrogens with zero attached hydrogens (tertiary/aromatic N) is 2. The molecule has 0 radical (unpaired) electrons. The van der Waals surface area contributed by atoms with Gasteiger partial charge in [-0.3, -0.25) is 15.4 Å². The third-order valence-corrected chi connectivity index (χ3v) is 5.19. The summed E-state index contributed by atoms with van der Waals surface area (Å²) >= 11 is 0. The molecule has 0 saturated carbocycles. The van der Waals surface area contributed by atoms with Crippen molar-refractivity contribution in [3.05, 3.63) is 66.7 Å². The summed E-state index contributed by atoms with van der Waals surface area (Å²) in [5.41, 5.74) is 2.27. The number of anilines is 2. The van der Waals surface area contributed by atoms with Crippen molar-refractivity contribution in [1.29, 1.82) is 0 Å². The average molecular weight is 404 g/mol. The van der Waals surface area contributed by atoms with Crippen LogP contribution in [0.5, 0.6) is 0 Å². The van der Waals surface area contributed by atoms with E-state index in [-0.39, 0.29) is 17.9 Å². The minimum Gasteiger partial charge on any atom is -0.322 e. The number of hydrogen-bond donors (Lipinski definition) is 4. The highest BCUT2D eigenvalue weighted by Gasteiger charge is 2.32. The van der Waals surface area contributed by atoms with Gasteiger partial charge in [-0.05, 0) is 19.1 Å². The Labute approximate surface area is 174 Å². The average Bonchev–Trinajstić information content (AvgIpc) is 3.16. The van der Waals surface area contributed by atoms with Crippen LogP contribution in [0, 0.1) is 5.92 Å². The Bertz CT molecular complexity index is 1030. The number of para-hydroxylation sites is 1. The Hall–Kier alpha value is -3.65. The molecule has 30 heavy (non-hydrogen) atoms. The molecule has 1 aliphatic rings. The predicted molar refractivity (Wildman–Crippen MR) is 116 cm³/mol. The van der Waals surface area contributed by atoms with Crippen LogP contribution in [0.3, 0.4) is 0 Å². The van der Waals surface area contributed by atoms with Gasteiger partial charge < -0.3 is 10.6 Å². The molecule has 1 aromatic heterocycles. The Morgan fingerprint density at radius 2 is 1.67 bits per heavy atom. The van der Waals surface area contributed by atoms with Crippen molar-refractivity contribution in [1.82, 2.24) is 20.4 Å². The first-order chi connectivity index (χ1) is 14.5. The molecule has 1 saturated heterocycles. The molecule has 3 unspecified atom stereocenters. The lowest BCUT2D eigenvalue weighted by Gasteiger charge is -2.34. The van der Waals surface area contributed by atoms with E-state index in [9.17, 15) is 9.59 Å². The molecular weight excluding hydrogens is 380 g/mol. The summed E-state index contributed by atoms with van der Waals surface area (Å²) in [7, 11) is 0. The molecule has 1 fully saturated rings. The zero-order chi connectivity index (χ0) is 21.1. The summed E-state index contributed by atoms with van der Waals surface area (Å²) in [5, 5.41) is 16.6. The zero-order valence-electron chi connectivity index (χ0n) is 16.8. The van der Waals surface area contributed by atoms with Crippen LogP contribution in [0.25, 0.3) is 11.3 Å². The van der Waals surface area contributed by atoms with Crippen LogP contribution in [0.15, 0.2) is 66.7 Å². The molecular formula is C22H24N6O2. The van der Waals surface area contributed by atoms with E-state index in [1.807, 2.05) is 62.4 Å². The third kappa shape index (κ3) is 4.18. The first kappa shape index (κ1) is 19.7. The monoisotopic (exact) mass is 404 g/mol. The van der Waals surface area contributed by atoms with Gasteiger partial charge in [0.25, 0.3) is 0 Å². The molecule has 4 N–H and O–H groups in total. The van der Waals surface area contributed by atoms with Crippen molar-refractivity contribution in [2.45, 2.75) is 26.2 Å². The van der Waals surface area contributed by atoms with E-state index in [4.69, 9.17) is 0 Å². The molecule has 0 bridgehead atoms. The maximum absolute atomic E-state index is 12.6. The second-order valence-electron chi connectivity index (χ2n) is 7.33. The van der Waals surface area contributed by atoms with Gasteiger partial charge in [0.2, 0.25) is 5.91 Å². The minimum atomic E-state index is -0.576. The smallest absolute Gasteiger partial charge is 0.322 e. The maximum Gasteiger partial charge on any atom is 0.324 e. The third-order valence-electron chi connectivity index (χ3n) is 5.19. The number of carbonyl (C=O) groups excluding carboxylic acids is 2. The van der Waals surface area contributed by atoms with Gasteiger partial charge in [-0.25, -0.2) is 9.48 Å². The van der Waals surface area contributed by atoms with Crippen molar-refractivity contribution in [3.8, 4) is 11.3 Å². The second kappa shape index (κ2) is 8.38. The molecule has 154 valence electrons. The fourth-order valence-electron chi connectivity index (χ4n) is 3.29. The van der Waals surface area contributed by atoms with Gasteiger partial charge in [0.1, 0.15) is 5.82 Å². The molecule has 1 aliphatic heterocycles. The molecule has 4 rings (SSSR count). The number of amides is 3. The molecule has 3 aromatic rings. The van der Waals surface area contributed by atoms with Crippen LogP contribution >= 0.6 is 0 Å². The summed E-state index contributed by atoms with van der Waals surface area (Å²) in [6.45, 7) is 3.82. The van der Waals surface area contributed by atoms with Gasteiger partial charge in [-0.1, -0.05) is 55.5 Å². The van der Waals surface area contributed by atoms with Crippen LogP contribution in [0.1, 0.15) is 20.1 Å². The van der Waals surface area contributed by atoms with Crippen LogP contribution in [0.2, 0.25) is 0 Å². The fraction of sp³-hybridized carbons (Fsp3) is 0.227. The highest BCUT2D eigenvalue weighted by Crippen LogP contribution is 2.25. The summed E-state index contributed by atoms with van der Waals surface area (Å²) in [6, 6.07) is 20.2. The lowest BCUT2D eigenvalue weighted by atomic mass is 10.0. The second-order valence-corrected chi connectivity index (χ2v) is 7.33. The van der Waals surface area contributed by atoms with Crippen LogP contribution in [0.4, 0.5) is 16.3 Å². The fourth-order valence-corrected chi connectivity index (χ4v) is 3.29. The van der Waals surface area contributed by atoms with E-state index in [0.29, 0.717) is 17.2 Å². The van der Waals surface area contributed by atoms with E-state index < -0.39 is 12.3 Å². The highest BCUT2D eigenvalue weighted by molar-refractivity contribution is 5.99. The van der Waals surface area contributed by atoms with Gasteiger partial charge in [-0.15, -0.1) is 0 Å². The number of carbonyl (C=O) groups is 2. The molecule has 8 nitrogen and oxygen atoms in total. The number of nitrogens with one attached hydrogen (secondary N) is 4. The van der Waals surface area contributed by atoms with Gasteiger partial charge in [-0.2, -0.15) is 5.10 Å². The topological polar surface area (TPSA) is 100 Å². The Balaban J connectivity index is 1.63. The SMILES string of the molecule is CC1NC(n2nc(-c3ccccc3)cc2NC(=O)Nc2ccccc2)NC(=O)C1C.